The van der Waals surface area contributed by atoms with Crippen LogP contribution in [0.4, 0.5) is 17.1 Å². The number of rotatable bonds is 7. The molecule has 1 heterocycles. The third-order valence-corrected chi connectivity index (χ3v) is 7.93. The van der Waals surface area contributed by atoms with Gasteiger partial charge in [-0.15, -0.1) is 11.8 Å². The number of anilines is 3. The maximum Gasteiger partial charge on any atom is 0.255 e. The summed E-state index contributed by atoms with van der Waals surface area (Å²) in [5.41, 5.74) is 2.93. The van der Waals surface area contributed by atoms with Crippen LogP contribution < -0.4 is 19.7 Å². The first kappa shape index (κ1) is 24.8. The Morgan fingerprint density at radius 2 is 1.43 bits per heavy atom. The molecule has 0 spiro atoms. The zero-order valence-electron chi connectivity index (χ0n) is 20.3. The first-order valence-electron chi connectivity index (χ1n) is 11.5. The fraction of sp³-hybridized carbons (Fsp3) is 0.103. The second-order valence-corrected chi connectivity index (χ2v) is 10.2. The summed E-state index contributed by atoms with van der Waals surface area (Å²) in [6.45, 7) is 0. The smallest absolute Gasteiger partial charge is 0.255 e. The summed E-state index contributed by atoms with van der Waals surface area (Å²) in [5.74, 6) is 1.09. The summed E-state index contributed by atoms with van der Waals surface area (Å²) in [4.78, 5) is 31.0. The monoisotopic (exact) mass is 528 g/mol. The molecule has 1 aliphatic rings. The average Bonchev–Trinajstić information content (AvgIpc) is 2.94. The Hall–Kier alpha value is -3.88. The van der Waals surface area contributed by atoms with Crippen LogP contribution in [0.1, 0.15) is 10.4 Å². The highest BCUT2D eigenvalue weighted by Gasteiger charge is 2.27. The van der Waals surface area contributed by atoms with Crippen LogP contribution in [-0.2, 0) is 4.79 Å². The molecule has 1 N–H and O–H groups in total. The minimum Gasteiger partial charge on any atom is -0.493 e. The van der Waals surface area contributed by atoms with Gasteiger partial charge in [-0.3, -0.25) is 14.5 Å². The Labute approximate surface area is 224 Å². The number of ether oxygens (including phenoxy) is 2. The third kappa shape index (κ3) is 5.30. The molecule has 0 saturated heterocycles. The number of thioether (sulfide) groups is 1. The van der Waals surface area contributed by atoms with Gasteiger partial charge in [0.15, 0.2) is 11.5 Å². The van der Waals surface area contributed by atoms with Gasteiger partial charge in [-0.05, 0) is 66.7 Å². The molecule has 186 valence electrons. The summed E-state index contributed by atoms with van der Waals surface area (Å²) >= 11 is 3.14. The van der Waals surface area contributed by atoms with Gasteiger partial charge in [0.05, 0.1) is 31.3 Å². The van der Waals surface area contributed by atoms with Gasteiger partial charge in [0, 0.05) is 25.9 Å². The van der Waals surface area contributed by atoms with Crippen molar-refractivity contribution < 1.29 is 19.1 Å². The van der Waals surface area contributed by atoms with Crippen molar-refractivity contribution in [1.82, 2.24) is 0 Å². The average molecular weight is 529 g/mol. The molecule has 8 heteroatoms. The van der Waals surface area contributed by atoms with E-state index >= 15 is 0 Å². The molecule has 0 aromatic heterocycles. The largest absolute Gasteiger partial charge is 0.493 e. The summed E-state index contributed by atoms with van der Waals surface area (Å²) in [6.07, 6.45) is 0. The first-order valence-corrected chi connectivity index (χ1v) is 13.3. The predicted octanol–water partition coefficient (Wildman–Crippen LogP) is 6.88. The zero-order valence-corrected chi connectivity index (χ0v) is 21.9. The van der Waals surface area contributed by atoms with Crippen molar-refractivity contribution in [2.75, 3.05) is 30.2 Å². The summed E-state index contributed by atoms with van der Waals surface area (Å²) in [7, 11) is 3.08. The fourth-order valence-corrected chi connectivity index (χ4v) is 5.80. The Morgan fingerprint density at radius 1 is 0.811 bits per heavy atom. The molecule has 6 nitrogen and oxygen atoms in total. The van der Waals surface area contributed by atoms with Crippen molar-refractivity contribution in [2.45, 2.75) is 14.7 Å². The zero-order chi connectivity index (χ0) is 25.8. The molecule has 37 heavy (non-hydrogen) atoms. The Kier molecular flexibility index (Phi) is 7.39. The lowest BCUT2D eigenvalue weighted by atomic mass is 10.2. The lowest BCUT2D eigenvalue weighted by Gasteiger charge is -2.31. The van der Waals surface area contributed by atoms with E-state index in [2.05, 4.69) is 5.32 Å². The van der Waals surface area contributed by atoms with Crippen molar-refractivity contribution in [3.63, 3.8) is 0 Å². The van der Waals surface area contributed by atoms with Gasteiger partial charge >= 0.3 is 0 Å². The molecular formula is C29H24N2O4S2. The van der Waals surface area contributed by atoms with Crippen LogP contribution in [0.5, 0.6) is 11.5 Å². The van der Waals surface area contributed by atoms with Crippen LogP contribution in [0.25, 0.3) is 0 Å². The summed E-state index contributed by atoms with van der Waals surface area (Å²) in [5, 5.41) is 2.89. The van der Waals surface area contributed by atoms with Crippen molar-refractivity contribution >= 4 is 52.4 Å². The van der Waals surface area contributed by atoms with Gasteiger partial charge in [-0.2, -0.15) is 0 Å². The fourth-order valence-electron chi connectivity index (χ4n) is 4.00. The summed E-state index contributed by atoms with van der Waals surface area (Å²) < 4.78 is 10.5. The number of benzene rings is 4. The number of hydrogen-bond acceptors (Lipinski definition) is 6. The number of carbonyl (C=O) groups is 2. The highest BCUT2D eigenvalue weighted by Crippen LogP contribution is 2.48. The Bertz CT molecular complexity index is 1410. The van der Waals surface area contributed by atoms with E-state index in [0.717, 1.165) is 26.1 Å². The lowest BCUT2D eigenvalue weighted by Crippen LogP contribution is -2.29. The highest BCUT2D eigenvalue weighted by atomic mass is 32.2. The number of methoxy groups -OCH3 is 2. The molecule has 0 unspecified atom stereocenters. The molecule has 0 bridgehead atoms. The maximum absolute atomic E-state index is 13.4. The molecule has 5 rings (SSSR count). The molecule has 0 atom stereocenters. The molecule has 4 aromatic carbocycles. The van der Waals surface area contributed by atoms with E-state index in [9.17, 15) is 9.59 Å². The minimum atomic E-state index is -0.253. The number of fused-ring (bicyclic) bond motifs is 2. The Balaban J connectivity index is 1.24. The maximum atomic E-state index is 13.4. The van der Waals surface area contributed by atoms with Crippen LogP contribution in [0.2, 0.25) is 0 Å². The number of nitrogens with one attached hydrogen (secondary N) is 1. The van der Waals surface area contributed by atoms with Crippen LogP contribution in [0.15, 0.2) is 106 Å². The van der Waals surface area contributed by atoms with Crippen LogP contribution >= 0.6 is 23.5 Å². The van der Waals surface area contributed by atoms with Crippen molar-refractivity contribution in [3.8, 4) is 11.5 Å². The first-order chi connectivity index (χ1) is 18.1. The van der Waals surface area contributed by atoms with Gasteiger partial charge in [0.1, 0.15) is 0 Å². The van der Waals surface area contributed by atoms with Gasteiger partial charge < -0.3 is 14.8 Å². The van der Waals surface area contributed by atoms with Crippen LogP contribution in [-0.4, -0.2) is 31.8 Å². The molecular weight excluding hydrogens is 504 g/mol. The van der Waals surface area contributed by atoms with E-state index in [4.69, 9.17) is 9.47 Å². The van der Waals surface area contributed by atoms with Crippen LogP contribution in [0, 0.1) is 0 Å². The number of para-hydroxylation sites is 2. The number of amides is 2. The molecule has 2 amide bonds. The molecule has 1 aliphatic heterocycles. The summed E-state index contributed by atoms with van der Waals surface area (Å²) in [6, 6.07) is 28.4. The molecule has 0 saturated carbocycles. The number of nitrogens with zero attached hydrogens (tertiary/aromatic N) is 1. The van der Waals surface area contributed by atoms with Gasteiger partial charge in [0.2, 0.25) is 5.91 Å². The number of carbonyl (C=O) groups excluding carboxylic acids is 2. The molecule has 0 fully saturated rings. The second kappa shape index (κ2) is 11.0. The van der Waals surface area contributed by atoms with E-state index in [0.29, 0.717) is 22.7 Å². The Morgan fingerprint density at radius 3 is 2.05 bits per heavy atom. The van der Waals surface area contributed by atoms with E-state index in [-0.39, 0.29) is 17.6 Å². The quantitative estimate of drug-likeness (QED) is 0.264. The van der Waals surface area contributed by atoms with E-state index in [1.807, 2.05) is 77.7 Å². The minimum absolute atomic E-state index is 0.0102. The van der Waals surface area contributed by atoms with Gasteiger partial charge in [-0.1, -0.05) is 36.0 Å². The lowest BCUT2D eigenvalue weighted by molar-refractivity contribution is -0.115. The number of hydrogen-bond donors (Lipinski definition) is 1. The van der Waals surface area contributed by atoms with E-state index < -0.39 is 0 Å². The van der Waals surface area contributed by atoms with Gasteiger partial charge in [-0.25, -0.2) is 0 Å². The molecule has 4 aromatic rings. The third-order valence-electron chi connectivity index (χ3n) is 5.80. The highest BCUT2D eigenvalue weighted by molar-refractivity contribution is 8.00. The van der Waals surface area contributed by atoms with Crippen molar-refractivity contribution in [1.29, 1.82) is 0 Å². The normalized spacial score (nSPS) is 11.8. The van der Waals surface area contributed by atoms with E-state index in [1.54, 1.807) is 37.1 Å². The predicted molar refractivity (Wildman–Crippen MR) is 149 cm³/mol. The standard InChI is InChI=1S/C29H24N2O4S2/c1-34-24-16-11-19(17-25(24)35-2)29(33)30-20-12-14-21(15-13-20)36-18-28(32)31-22-7-3-5-9-26(22)37-27-10-6-4-8-23(27)31/h3-17H,18H2,1-2H3,(H,30,33). The topological polar surface area (TPSA) is 67.9 Å². The molecule has 0 aliphatic carbocycles. The second-order valence-electron chi connectivity index (χ2n) is 8.10. The molecule has 0 radical (unpaired) electrons. The van der Waals surface area contributed by atoms with Gasteiger partial charge in [0.25, 0.3) is 5.91 Å². The van der Waals surface area contributed by atoms with Crippen LogP contribution in [0.3, 0.4) is 0 Å². The van der Waals surface area contributed by atoms with Crippen molar-refractivity contribution in [2.24, 2.45) is 0 Å². The van der Waals surface area contributed by atoms with E-state index in [1.165, 1.54) is 18.9 Å². The van der Waals surface area contributed by atoms with Crippen molar-refractivity contribution in [3.05, 3.63) is 96.6 Å². The SMILES string of the molecule is COc1ccc(C(=O)Nc2ccc(SCC(=O)N3c4ccccc4Sc4ccccc43)cc2)cc1OC.